The number of nitrogens with zero attached hydrogens (tertiary/aromatic N) is 1. The van der Waals surface area contributed by atoms with E-state index in [1.807, 2.05) is 31.2 Å². The minimum absolute atomic E-state index is 0.0104. The molecule has 2 rings (SSSR count). The van der Waals surface area contributed by atoms with Gasteiger partial charge in [-0.3, -0.25) is 9.59 Å². The first-order valence-corrected chi connectivity index (χ1v) is 7.92. The van der Waals surface area contributed by atoms with Crippen molar-refractivity contribution in [2.24, 2.45) is 17.6 Å². The van der Waals surface area contributed by atoms with E-state index in [-0.39, 0.29) is 30.1 Å². The number of amides is 2. The Hall–Kier alpha value is -1.88. The lowest BCUT2D eigenvalue weighted by Gasteiger charge is -2.17. The van der Waals surface area contributed by atoms with Crippen molar-refractivity contribution in [3.8, 4) is 0 Å². The number of carbonyl (C=O) groups excluding carboxylic acids is 2. The molecule has 1 fully saturated rings. The summed E-state index contributed by atoms with van der Waals surface area (Å²) in [5.41, 5.74) is 7.65. The fourth-order valence-corrected chi connectivity index (χ4v) is 2.55. The van der Waals surface area contributed by atoms with Gasteiger partial charge in [-0.05, 0) is 36.6 Å². The third-order valence-electron chi connectivity index (χ3n) is 4.18. The summed E-state index contributed by atoms with van der Waals surface area (Å²) in [6, 6.07) is 7.96. The van der Waals surface area contributed by atoms with Crippen LogP contribution in [0.1, 0.15) is 25.8 Å². The summed E-state index contributed by atoms with van der Waals surface area (Å²) in [6.45, 7) is 5.64. The number of aryl methyl sites for hydroxylation is 1. The van der Waals surface area contributed by atoms with Crippen molar-refractivity contribution < 1.29 is 9.59 Å². The molecular formula is C17H25N3O2. The molecule has 0 aromatic heterocycles. The van der Waals surface area contributed by atoms with E-state index in [1.54, 1.807) is 4.90 Å². The van der Waals surface area contributed by atoms with Gasteiger partial charge in [0, 0.05) is 25.2 Å². The molecule has 0 bridgehead atoms. The highest BCUT2D eigenvalue weighted by Crippen LogP contribution is 2.25. The third-order valence-corrected chi connectivity index (χ3v) is 4.18. The predicted octanol–water partition coefficient (Wildman–Crippen LogP) is 1.31. The normalized spacial score (nSPS) is 19.3. The van der Waals surface area contributed by atoms with E-state index < -0.39 is 0 Å². The lowest BCUT2D eigenvalue weighted by molar-refractivity contribution is -0.126. The van der Waals surface area contributed by atoms with Crippen LogP contribution in [0.25, 0.3) is 0 Å². The van der Waals surface area contributed by atoms with E-state index in [9.17, 15) is 9.59 Å². The Balaban J connectivity index is 1.96. The Morgan fingerprint density at radius 3 is 2.68 bits per heavy atom. The largest absolute Gasteiger partial charge is 0.355 e. The minimum Gasteiger partial charge on any atom is -0.355 e. The average Bonchev–Trinajstić information content (AvgIpc) is 2.94. The molecule has 2 amide bonds. The van der Waals surface area contributed by atoms with Crippen molar-refractivity contribution in [3.63, 3.8) is 0 Å². The van der Waals surface area contributed by atoms with Crippen LogP contribution in [0.5, 0.6) is 0 Å². The number of nitrogens with two attached hydrogens (primary N) is 1. The van der Waals surface area contributed by atoms with Crippen LogP contribution in [0.4, 0.5) is 5.69 Å². The van der Waals surface area contributed by atoms with Crippen LogP contribution < -0.4 is 16.0 Å². The summed E-state index contributed by atoms with van der Waals surface area (Å²) in [7, 11) is 0. The molecule has 5 nitrogen and oxygen atoms in total. The lowest BCUT2D eigenvalue weighted by Crippen LogP contribution is -2.36. The van der Waals surface area contributed by atoms with Crippen LogP contribution in [0.2, 0.25) is 0 Å². The lowest BCUT2D eigenvalue weighted by atomic mass is 10.1. The zero-order valence-electron chi connectivity index (χ0n) is 13.3. The van der Waals surface area contributed by atoms with E-state index >= 15 is 0 Å². The monoisotopic (exact) mass is 303 g/mol. The molecule has 120 valence electrons. The Kier molecular flexibility index (Phi) is 5.55. The second kappa shape index (κ2) is 7.40. The Morgan fingerprint density at radius 2 is 2.09 bits per heavy atom. The highest BCUT2D eigenvalue weighted by molar-refractivity contribution is 6.00. The number of hydrogen-bond acceptors (Lipinski definition) is 3. The molecule has 1 aromatic carbocycles. The highest BCUT2D eigenvalue weighted by Gasteiger charge is 2.34. The van der Waals surface area contributed by atoms with Crippen LogP contribution in [-0.2, 0) is 16.0 Å². The Labute approximate surface area is 131 Å². The highest BCUT2D eigenvalue weighted by atomic mass is 16.2. The van der Waals surface area contributed by atoms with Gasteiger partial charge in [-0.1, -0.05) is 26.0 Å². The summed E-state index contributed by atoms with van der Waals surface area (Å²) in [4.78, 5) is 26.0. The fourth-order valence-electron chi connectivity index (χ4n) is 2.55. The molecule has 1 aromatic rings. The van der Waals surface area contributed by atoms with Gasteiger partial charge in [-0.15, -0.1) is 0 Å². The maximum absolute atomic E-state index is 12.2. The van der Waals surface area contributed by atoms with Gasteiger partial charge in [-0.25, -0.2) is 0 Å². The van der Waals surface area contributed by atoms with Gasteiger partial charge in [-0.2, -0.15) is 0 Å². The quantitative estimate of drug-likeness (QED) is 0.832. The van der Waals surface area contributed by atoms with Crippen LogP contribution in [0.15, 0.2) is 24.3 Å². The molecule has 0 saturated carbocycles. The van der Waals surface area contributed by atoms with Gasteiger partial charge in [0.05, 0.1) is 5.92 Å². The Bertz CT molecular complexity index is 527. The third kappa shape index (κ3) is 3.85. The van der Waals surface area contributed by atoms with E-state index in [2.05, 4.69) is 12.2 Å². The van der Waals surface area contributed by atoms with Gasteiger partial charge < -0.3 is 16.0 Å². The van der Waals surface area contributed by atoms with Gasteiger partial charge in [0.1, 0.15) is 0 Å². The second-order valence-corrected chi connectivity index (χ2v) is 6.01. The van der Waals surface area contributed by atoms with Crippen molar-refractivity contribution in [2.75, 3.05) is 24.5 Å². The molecule has 1 aliphatic heterocycles. The molecule has 0 aliphatic carbocycles. The number of nitrogens with one attached hydrogen (secondary N) is 1. The molecule has 0 spiro atoms. The second-order valence-electron chi connectivity index (χ2n) is 6.01. The van der Waals surface area contributed by atoms with Gasteiger partial charge in [0.15, 0.2) is 0 Å². The molecule has 5 heteroatoms. The summed E-state index contributed by atoms with van der Waals surface area (Å²) in [5.74, 6) is -0.0697. The van der Waals surface area contributed by atoms with Crippen molar-refractivity contribution >= 4 is 17.5 Å². The number of rotatable bonds is 6. The van der Waals surface area contributed by atoms with Crippen molar-refractivity contribution in [2.45, 2.75) is 26.7 Å². The van der Waals surface area contributed by atoms with E-state index in [0.717, 1.165) is 12.1 Å². The minimum atomic E-state index is -0.275. The average molecular weight is 303 g/mol. The summed E-state index contributed by atoms with van der Waals surface area (Å²) in [6.07, 6.45) is 1.25. The van der Waals surface area contributed by atoms with E-state index in [0.29, 0.717) is 19.6 Å². The van der Waals surface area contributed by atoms with Crippen molar-refractivity contribution in [3.05, 3.63) is 29.8 Å². The van der Waals surface area contributed by atoms with Crippen molar-refractivity contribution in [1.82, 2.24) is 5.32 Å². The molecular weight excluding hydrogens is 278 g/mol. The zero-order valence-corrected chi connectivity index (χ0v) is 13.3. The number of benzene rings is 1. The number of carbonyl (C=O) groups is 2. The predicted molar refractivity (Wildman–Crippen MR) is 87.5 cm³/mol. The van der Waals surface area contributed by atoms with Crippen LogP contribution in [0.3, 0.4) is 0 Å². The van der Waals surface area contributed by atoms with Gasteiger partial charge >= 0.3 is 0 Å². The molecule has 0 radical (unpaired) electrons. The maximum atomic E-state index is 12.2. The molecule has 22 heavy (non-hydrogen) atoms. The summed E-state index contributed by atoms with van der Waals surface area (Å²) < 4.78 is 0. The van der Waals surface area contributed by atoms with Crippen LogP contribution in [0, 0.1) is 11.8 Å². The first-order valence-electron chi connectivity index (χ1n) is 7.92. The van der Waals surface area contributed by atoms with Crippen molar-refractivity contribution in [1.29, 1.82) is 0 Å². The Morgan fingerprint density at radius 1 is 1.41 bits per heavy atom. The first kappa shape index (κ1) is 16.5. The molecule has 1 heterocycles. The SMILES string of the molecule is CCc1ccc(N2CC(C(=O)NCC(C)CN)CC2=O)cc1. The zero-order chi connectivity index (χ0) is 16.1. The van der Waals surface area contributed by atoms with Gasteiger partial charge in [0.25, 0.3) is 0 Å². The fraction of sp³-hybridized carbons (Fsp3) is 0.529. The number of hydrogen-bond donors (Lipinski definition) is 2. The first-order chi connectivity index (χ1) is 10.5. The van der Waals surface area contributed by atoms with E-state index in [1.165, 1.54) is 5.56 Å². The molecule has 2 unspecified atom stereocenters. The summed E-state index contributed by atoms with van der Waals surface area (Å²) in [5, 5.41) is 2.89. The summed E-state index contributed by atoms with van der Waals surface area (Å²) >= 11 is 0. The standard InChI is InChI=1S/C17H25N3O2/c1-3-13-4-6-15(7-5-13)20-11-14(8-16(20)21)17(22)19-10-12(2)9-18/h4-7,12,14H,3,8-11,18H2,1-2H3,(H,19,22). The molecule has 1 saturated heterocycles. The van der Waals surface area contributed by atoms with Crippen LogP contribution >= 0.6 is 0 Å². The molecule has 2 atom stereocenters. The maximum Gasteiger partial charge on any atom is 0.227 e. The smallest absolute Gasteiger partial charge is 0.227 e. The number of anilines is 1. The van der Waals surface area contributed by atoms with E-state index in [4.69, 9.17) is 5.73 Å². The van der Waals surface area contributed by atoms with Crippen LogP contribution in [-0.4, -0.2) is 31.4 Å². The van der Waals surface area contributed by atoms with Gasteiger partial charge in [0.2, 0.25) is 11.8 Å². The molecule has 3 N–H and O–H groups in total. The topological polar surface area (TPSA) is 75.4 Å². The molecule has 1 aliphatic rings.